The first-order chi connectivity index (χ1) is 20.1. The highest BCUT2D eigenvalue weighted by Gasteiger charge is 2.21. The van der Waals surface area contributed by atoms with Gasteiger partial charge in [-0.1, -0.05) is 29.8 Å². The molecule has 4 aromatic rings. The monoisotopic (exact) mass is 588 g/mol. The summed E-state index contributed by atoms with van der Waals surface area (Å²) in [5, 5.41) is 3.59. The van der Waals surface area contributed by atoms with Crippen LogP contribution < -0.4 is 19.9 Å². The number of nitrogens with zero attached hydrogens (tertiary/aromatic N) is 5. The van der Waals surface area contributed by atoms with Gasteiger partial charge in [0.25, 0.3) is 0 Å². The highest BCUT2D eigenvalue weighted by Crippen LogP contribution is 2.31. The van der Waals surface area contributed by atoms with Gasteiger partial charge in [0, 0.05) is 61.3 Å². The molecule has 2 heterocycles. The van der Waals surface area contributed by atoms with Crippen LogP contribution in [0.4, 0.5) is 32.2 Å². The number of hydrogen-bond donors (Lipinski definition) is 1. The van der Waals surface area contributed by atoms with E-state index in [1.165, 1.54) is 30.8 Å². The number of amides is 1. The van der Waals surface area contributed by atoms with Crippen molar-refractivity contribution < 1.29 is 13.9 Å². The molecule has 3 aromatic carbocycles. The smallest absolute Gasteiger partial charge is 0.391 e. The van der Waals surface area contributed by atoms with Crippen molar-refractivity contribution in [2.45, 2.75) is 20.8 Å². The molecule has 218 valence electrons. The minimum absolute atomic E-state index is 0.00847. The Labute approximate surface area is 250 Å². The van der Waals surface area contributed by atoms with Gasteiger partial charge in [0.15, 0.2) is 0 Å². The molecule has 0 bridgehead atoms. The van der Waals surface area contributed by atoms with Crippen molar-refractivity contribution in [1.82, 2.24) is 14.9 Å². The lowest BCUT2D eigenvalue weighted by atomic mass is 9.97. The normalized spacial score (nSPS) is 13.6. The summed E-state index contributed by atoms with van der Waals surface area (Å²) in [7, 11) is 3.54. The van der Waals surface area contributed by atoms with E-state index in [9.17, 15) is 9.18 Å². The molecule has 1 saturated heterocycles. The van der Waals surface area contributed by atoms with E-state index in [0.717, 1.165) is 59.1 Å². The maximum Gasteiger partial charge on any atom is 0.420 e. The molecule has 5 rings (SSSR count). The Morgan fingerprint density at radius 1 is 0.976 bits per heavy atom. The summed E-state index contributed by atoms with van der Waals surface area (Å²) < 4.78 is 20.1. The number of ether oxygens (including phenoxy) is 1. The number of halogens is 2. The summed E-state index contributed by atoms with van der Waals surface area (Å²) in [6.07, 6.45) is -0.819. The summed E-state index contributed by atoms with van der Waals surface area (Å²) in [6, 6.07) is 17.7. The number of likely N-dealkylation sites (N-methyl/N-ethyl adjacent to an activating group) is 1. The number of hydrogen-bond acceptors (Lipinski definition) is 7. The second-order valence-electron chi connectivity index (χ2n) is 10.6. The zero-order chi connectivity index (χ0) is 30.0. The van der Waals surface area contributed by atoms with Crippen molar-refractivity contribution in [3.63, 3.8) is 0 Å². The molecule has 1 amide bonds. The van der Waals surface area contributed by atoms with Gasteiger partial charge in [0.1, 0.15) is 5.82 Å². The first-order valence-corrected chi connectivity index (χ1v) is 14.1. The standard InChI is InChI=1S/C32H34ClFN6O2/c1-20-9-11-26(22(3)21(20)2)28-19-30(42-32(41)39(5)29-17-23(33)10-12-27(29)34)37-31(36-28)35-24-7-6-8-25(18-24)40-15-13-38(4)14-16-40/h6-12,17-19H,13-16H2,1-5H3,(H,35,36,37). The van der Waals surface area contributed by atoms with E-state index in [4.69, 9.17) is 21.3 Å². The van der Waals surface area contributed by atoms with Gasteiger partial charge < -0.3 is 19.9 Å². The maximum atomic E-state index is 14.5. The lowest BCUT2D eigenvalue weighted by Gasteiger charge is -2.34. The number of rotatable bonds is 6. The van der Waals surface area contributed by atoms with Crippen molar-refractivity contribution in [3.8, 4) is 17.1 Å². The van der Waals surface area contributed by atoms with Crippen LogP contribution in [0.1, 0.15) is 16.7 Å². The molecule has 0 radical (unpaired) electrons. The van der Waals surface area contributed by atoms with Gasteiger partial charge in [-0.3, -0.25) is 4.90 Å². The van der Waals surface area contributed by atoms with Crippen LogP contribution in [-0.4, -0.2) is 61.2 Å². The van der Waals surface area contributed by atoms with E-state index >= 15 is 0 Å². The van der Waals surface area contributed by atoms with E-state index in [1.54, 1.807) is 6.07 Å². The summed E-state index contributed by atoms with van der Waals surface area (Å²) in [5.74, 6) is -0.315. The van der Waals surface area contributed by atoms with Crippen LogP contribution in [0.15, 0.2) is 60.7 Å². The zero-order valence-corrected chi connectivity index (χ0v) is 25.2. The molecule has 0 saturated carbocycles. The molecule has 8 nitrogen and oxygen atoms in total. The summed E-state index contributed by atoms with van der Waals surface area (Å²) in [4.78, 5) is 28.1. The number of benzene rings is 3. The third-order valence-corrected chi connectivity index (χ3v) is 7.98. The molecule has 42 heavy (non-hydrogen) atoms. The van der Waals surface area contributed by atoms with Crippen LogP contribution in [0.25, 0.3) is 11.3 Å². The van der Waals surface area contributed by atoms with Crippen LogP contribution in [0.5, 0.6) is 5.88 Å². The van der Waals surface area contributed by atoms with Gasteiger partial charge in [-0.15, -0.1) is 0 Å². The number of aromatic nitrogens is 2. The van der Waals surface area contributed by atoms with Crippen LogP contribution in [0.2, 0.25) is 5.02 Å². The molecule has 1 fully saturated rings. The van der Waals surface area contributed by atoms with E-state index in [0.29, 0.717) is 10.7 Å². The first kappa shape index (κ1) is 29.3. The van der Waals surface area contributed by atoms with Gasteiger partial charge in [-0.25, -0.2) is 14.2 Å². The van der Waals surface area contributed by atoms with Gasteiger partial charge in [0.2, 0.25) is 11.8 Å². The second kappa shape index (κ2) is 12.3. The van der Waals surface area contributed by atoms with Crippen molar-refractivity contribution in [1.29, 1.82) is 0 Å². The lowest BCUT2D eigenvalue weighted by molar-refractivity contribution is 0.207. The highest BCUT2D eigenvalue weighted by molar-refractivity contribution is 6.30. The number of nitrogens with one attached hydrogen (secondary N) is 1. The number of carbonyl (C=O) groups excluding carboxylic acids is 1. The fourth-order valence-electron chi connectivity index (χ4n) is 4.88. The van der Waals surface area contributed by atoms with E-state index in [-0.39, 0.29) is 17.5 Å². The highest BCUT2D eigenvalue weighted by atomic mass is 35.5. The van der Waals surface area contributed by atoms with Gasteiger partial charge >= 0.3 is 6.09 Å². The van der Waals surface area contributed by atoms with Crippen LogP contribution in [0, 0.1) is 26.6 Å². The van der Waals surface area contributed by atoms with E-state index in [2.05, 4.69) is 53.1 Å². The largest absolute Gasteiger partial charge is 0.420 e. The van der Waals surface area contributed by atoms with Crippen molar-refractivity contribution in [2.75, 3.05) is 55.4 Å². The molecular formula is C32H34ClFN6O2. The SMILES string of the molecule is Cc1ccc(-c2cc(OC(=O)N(C)c3cc(Cl)ccc3F)nc(Nc3cccc(N4CCN(C)CC4)c3)n2)c(C)c1C. The average Bonchev–Trinajstić information content (AvgIpc) is 2.97. The van der Waals surface area contributed by atoms with Gasteiger partial charge in [0.05, 0.1) is 11.4 Å². The quantitative estimate of drug-likeness (QED) is 0.260. The van der Waals surface area contributed by atoms with Crippen molar-refractivity contribution in [3.05, 3.63) is 88.2 Å². The van der Waals surface area contributed by atoms with Gasteiger partial charge in [-0.2, -0.15) is 4.98 Å². The Morgan fingerprint density at radius 2 is 1.74 bits per heavy atom. The Hall–Kier alpha value is -4.21. The van der Waals surface area contributed by atoms with Crippen molar-refractivity contribution in [2.24, 2.45) is 0 Å². The second-order valence-corrected chi connectivity index (χ2v) is 11.0. The third kappa shape index (κ3) is 6.48. The summed E-state index contributed by atoms with van der Waals surface area (Å²) >= 11 is 6.04. The third-order valence-electron chi connectivity index (χ3n) is 7.74. The molecule has 1 aliphatic rings. The molecule has 0 aliphatic carbocycles. The summed E-state index contributed by atoms with van der Waals surface area (Å²) in [5.41, 5.74) is 6.75. The average molecular weight is 589 g/mol. The van der Waals surface area contributed by atoms with Gasteiger partial charge in [-0.05, 0) is 80.9 Å². The molecular weight excluding hydrogens is 555 g/mol. The molecule has 1 aromatic heterocycles. The Morgan fingerprint density at radius 3 is 2.50 bits per heavy atom. The Kier molecular flexibility index (Phi) is 8.61. The Balaban J connectivity index is 1.48. The van der Waals surface area contributed by atoms with Crippen LogP contribution >= 0.6 is 11.6 Å². The first-order valence-electron chi connectivity index (χ1n) is 13.8. The zero-order valence-electron chi connectivity index (χ0n) is 24.4. The van der Waals surface area contributed by atoms with E-state index < -0.39 is 11.9 Å². The molecule has 0 spiro atoms. The van der Waals surface area contributed by atoms with Crippen LogP contribution in [0.3, 0.4) is 0 Å². The Bertz CT molecular complexity index is 1620. The lowest BCUT2D eigenvalue weighted by Crippen LogP contribution is -2.44. The molecule has 0 atom stereocenters. The van der Waals surface area contributed by atoms with Crippen molar-refractivity contribution >= 4 is 40.7 Å². The minimum Gasteiger partial charge on any atom is -0.391 e. The topological polar surface area (TPSA) is 73.8 Å². The minimum atomic E-state index is -0.819. The molecule has 1 N–H and O–H groups in total. The molecule has 1 aliphatic heterocycles. The van der Waals surface area contributed by atoms with Crippen LogP contribution in [-0.2, 0) is 0 Å². The predicted molar refractivity (Wildman–Crippen MR) is 167 cm³/mol. The molecule has 10 heteroatoms. The predicted octanol–water partition coefficient (Wildman–Crippen LogP) is 6.99. The van der Waals surface area contributed by atoms with E-state index in [1.807, 2.05) is 31.2 Å². The number of anilines is 4. The fraction of sp³-hybridized carbons (Fsp3) is 0.281. The summed E-state index contributed by atoms with van der Waals surface area (Å²) in [6.45, 7) is 10.0. The fourth-order valence-corrected chi connectivity index (χ4v) is 5.04. The number of piperazine rings is 1. The number of aryl methyl sites for hydroxylation is 1. The number of carbonyl (C=O) groups is 1. The maximum absolute atomic E-state index is 14.5. The molecule has 0 unspecified atom stereocenters.